The topological polar surface area (TPSA) is 38.9 Å². The van der Waals surface area contributed by atoms with E-state index in [1.807, 2.05) is 12.3 Å². The first kappa shape index (κ1) is 8.70. The molecule has 0 unspecified atom stereocenters. The van der Waals surface area contributed by atoms with Crippen molar-refractivity contribution < 1.29 is 0 Å². The zero-order valence-corrected chi connectivity index (χ0v) is 7.87. The molecule has 0 saturated heterocycles. The minimum Gasteiger partial charge on any atom is -0.326 e. The number of hydrogen-bond acceptors (Lipinski definition) is 2. The summed E-state index contributed by atoms with van der Waals surface area (Å²) in [7, 11) is 0. The van der Waals surface area contributed by atoms with Crippen LogP contribution in [0.3, 0.4) is 0 Å². The van der Waals surface area contributed by atoms with Gasteiger partial charge in [0.05, 0.1) is 0 Å². The van der Waals surface area contributed by atoms with Gasteiger partial charge in [-0.25, -0.2) is 0 Å². The number of rotatable bonds is 2. The Morgan fingerprint density at radius 2 is 2.15 bits per heavy atom. The molecule has 0 spiro atoms. The van der Waals surface area contributed by atoms with Crippen molar-refractivity contribution in [2.45, 2.75) is 38.1 Å². The molecule has 2 N–H and O–H groups in total. The third-order valence-corrected chi connectivity index (χ3v) is 2.85. The number of nitrogens with zero attached hydrogens (tertiary/aromatic N) is 1. The summed E-state index contributed by atoms with van der Waals surface area (Å²) in [5.74, 6) is 0.700. The SMILES string of the molecule is NCc1ccnc(C2CCCC2)c1. The smallest absolute Gasteiger partial charge is 0.0437 e. The second kappa shape index (κ2) is 3.88. The molecule has 1 heterocycles. The second-order valence-electron chi connectivity index (χ2n) is 3.77. The Hall–Kier alpha value is -0.890. The molecule has 0 aromatic carbocycles. The van der Waals surface area contributed by atoms with E-state index >= 15 is 0 Å². The van der Waals surface area contributed by atoms with Gasteiger partial charge in [0.1, 0.15) is 0 Å². The van der Waals surface area contributed by atoms with Gasteiger partial charge in [-0.3, -0.25) is 4.98 Å². The number of aromatic nitrogens is 1. The van der Waals surface area contributed by atoms with E-state index in [1.54, 1.807) is 0 Å². The predicted molar refractivity (Wildman–Crippen MR) is 53.3 cm³/mol. The van der Waals surface area contributed by atoms with Crippen LogP contribution in [0.1, 0.15) is 42.9 Å². The summed E-state index contributed by atoms with van der Waals surface area (Å²) in [5.41, 5.74) is 8.05. The van der Waals surface area contributed by atoms with Crippen molar-refractivity contribution in [1.29, 1.82) is 0 Å². The van der Waals surface area contributed by atoms with Gasteiger partial charge in [0, 0.05) is 24.4 Å². The van der Waals surface area contributed by atoms with E-state index in [-0.39, 0.29) is 0 Å². The van der Waals surface area contributed by atoms with E-state index in [4.69, 9.17) is 5.73 Å². The fourth-order valence-electron chi connectivity index (χ4n) is 2.07. The molecule has 1 aromatic heterocycles. The largest absolute Gasteiger partial charge is 0.326 e. The maximum Gasteiger partial charge on any atom is 0.0437 e. The van der Waals surface area contributed by atoms with Crippen LogP contribution >= 0.6 is 0 Å². The predicted octanol–water partition coefficient (Wildman–Crippen LogP) is 2.20. The molecular formula is C11H16N2. The molecule has 0 bridgehead atoms. The Balaban J connectivity index is 2.18. The summed E-state index contributed by atoms with van der Waals surface area (Å²) < 4.78 is 0. The van der Waals surface area contributed by atoms with E-state index in [2.05, 4.69) is 11.1 Å². The first-order chi connectivity index (χ1) is 6.40. The Bertz CT molecular complexity index is 277. The van der Waals surface area contributed by atoms with Gasteiger partial charge < -0.3 is 5.73 Å². The third-order valence-electron chi connectivity index (χ3n) is 2.85. The molecule has 1 aliphatic carbocycles. The average molecular weight is 176 g/mol. The second-order valence-corrected chi connectivity index (χ2v) is 3.77. The molecule has 1 fully saturated rings. The minimum absolute atomic E-state index is 0.627. The molecule has 0 amide bonds. The summed E-state index contributed by atoms with van der Waals surface area (Å²) in [6, 6.07) is 4.16. The Morgan fingerprint density at radius 1 is 1.38 bits per heavy atom. The van der Waals surface area contributed by atoms with Crippen LogP contribution in [0.2, 0.25) is 0 Å². The van der Waals surface area contributed by atoms with E-state index in [9.17, 15) is 0 Å². The first-order valence-electron chi connectivity index (χ1n) is 5.05. The molecule has 1 saturated carbocycles. The fraction of sp³-hybridized carbons (Fsp3) is 0.545. The third kappa shape index (κ3) is 1.89. The molecule has 0 atom stereocenters. The molecule has 0 aliphatic heterocycles. The number of pyridine rings is 1. The molecule has 2 heteroatoms. The van der Waals surface area contributed by atoms with Gasteiger partial charge in [0.2, 0.25) is 0 Å². The van der Waals surface area contributed by atoms with E-state index in [0.29, 0.717) is 12.5 Å². The molecule has 13 heavy (non-hydrogen) atoms. The number of nitrogens with two attached hydrogens (primary N) is 1. The van der Waals surface area contributed by atoms with Crippen molar-refractivity contribution in [3.05, 3.63) is 29.6 Å². The number of hydrogen-bond donors (Lipinski definition) is 1. The van der Waals surface area contributed by atoms with Crippen molar-refractivity contribution in [2.24, 2.45) is 5.73 Å². The highest BCUT2D eigenvalue weighted by atomic mass is 14.7. The lowest BCUT2D eigenvalue weighted by Crippen LogP contribution is -2.01. The molecule has 2 nitrogen and oxygen atoms in total. The maximum absolute atomic E-state index is 5.59. The van der Waals surface area contributed by atoms with Crippen LogP contribution < -0.4 is 5.73 Å². The summed E-state index contributed by atoms with van der Waals surface area (Å²) in [4.78, 5) is 4.41. The standard InChI is InChI=1S/C11H16N2/c12-8-9-5-6-13-11(7-9)10-3-1-2-4-10/h5-7,10H,1-4,8,12H2. The van der Waals surface area contributed by atoms with Gasteiger partial charge in [-0.15, -0.1) is 0 Å². The van der Waals surface area contributed by atoms with Crippen molar-refractivity contribution >= 4 is 0 Å². The lowest BCUT2D eigenvalue weighted by atomic mass is 10.0. The molecule has 1 aromatic rings. The zero-order chi connectivity index (χ0) is 9.10. The van der Waals surface area contributed by atoms with Crippen molar-refractivity contribution in [2.75, 3.05) is 0 Å². The van der Waals surface area contributed by atoms with Crippen molar-refractivity contribution in [3.63, 3.8) is 0 Å². The van der Waals surface area contributed by atoms with Crippen LogP contribution in [0, 0.1) is 0 Å². The average Bonchev–Trinajstić information content (AvgIpc) is 2.71. The van der Waals surface area contributed by atoms with Crippen molar-refractivity contribution in [3.8, 4) is 0 Å². The lowest BCUT2D eigenvalue weighted by Gasteiger charge is -2.08. The molecule has 70 valence electrons. The van der Waals surface area contributed by atoms with Crippen LogP contribution in [0.4, 0.5) is 0 Å². The Kier molecular flexibility index (Phi) is 2.60. The van der Waals surface area contributed by atoms with E-state index < -0.39 is 0 Å². The highest BCUT2D eigenvalue weighted by Gasteiger charge is 2.17. The minimum atomic E-state index is 0.627. The summed E-state index contributed by atoms with van der Waals surface area (Å²) in [6.07, 6.45) is 7.22. The molecule has 0 radical (unpaired) electrons. The monoisotopic (exact) mass is 176 g/mol. The van der Waals surface area contributed by atoms with Crippen LogP contribution in [-0.2, 0) is 6.54 Å². The van der Waals surface area contributed by atoms with Crippen molar-refractivity contribution in [1.82, 2.24) is 4.98 Å². The van der Waals surface area contributed by atoms with Gasteiger partial charge in [0.25, 0.3) is 0 Å². The quantitative estimate of drug-likeness (QED) is 0.750. The zero-order valence-electron chi connectivity index (χ0n) is 7.87. The first-order valence-corrected chi connectivity index (χ1v) is 5.05. The Labute approximate surface area is 79.2 Å². The van der Waals surface area contributed by atoms with E-state index in [0.717, 1.165) is 0 Å². The highest BCUT2D eigenvalue weighted by Crippen LogP contribution is 2.32. The van der Waals surface area contributed by atoms with Crippen LogP contribution in [0.5, 0.6) is 0 Å². The van der Waals surface area contributed by atoms with E-state index in [1.165, 1.54) is 36.9 Å². The van der Waals surface area contributed by atoms with Gasteiger partial charge >= 0.3 is 0 Å². The Morgan fingerprint density at radius 3 is 2.85 bits per heavy atom. The van der Waals surface area contributed by atoms with Crippen LogP contribution in [0.15, 0.2) is 18.3 Å². The van der Waals surface area contributed by atoms with Gasteiger partial charge in [-0.2, -0.15) is 0 Å². The van der Waals surface area contributed by atoms with Crippen LogP contribution in [-0.4, -0.2) is 4.98 Å². The normalized spacial score (nSPS) is 17.9. The van der Waals surface area contributed by atoms with Gasteiger partial charge in [-0.1, -0.05) is 12.8 Å². The van der Waals surface area contributed by atoms with Gasteiger partial charge in [0.15, 0.2) is 0 Å². The lowest BCUT2D eigenvalue weighted by molar-refractivity contribution is 0.695. The highest BCUT2D eigenvalue weighted by molar-refractivity contribution is 5.19. The van der Waals surface area contributed by atoms with Gasteiger partial charge in [-0.05, 0) is 30.5 Å². The van der Waals surface area contributed by atoms with Crippen LogP contribution in [0.25, 0.3) is 0 Å². The summed E-state index contributed by atoms with van der Waals surface area (Å²) in [6.45, 7) is 0.627. The summed E-state index contributed by atoms with van der Waals surface area (Å²) >= 11 is 0. The molecular weight excluding hydrogens is 160 g/mol. The molecule has 2 rings (SSSR count). The summed E-state index contributed by atoms with van der Waals surface area (Å²) in [5, 5.41) is 0. The maximum atomic E-state index is 5.59. The fourth-order valence-corrected chi connectivity index (χ4v) is 2.07. The molecule has 1 aliphatic rings.